The first-order valence-electron chi connectivity index (χ1n) is 6.00. The highest BCUT2D eigenvalue weighted by molar-refractivity contribution is 9.10. The number of carboxylic acids is 1. The minimum atomic E-state index is -0.971. The summed E-state index contributed by atoms with van der Waals surface area (Å²) < 4.78 is 6.53. The van der Waals surface area contributed by atoms with Gasteiger partial charge < -0.3 is 9.84 Å². The van der Waals surface area contributed by atoms with Gasteiger partial charge in [-0.1, -0.05) is 23.8 Å². The van der Waals surface area contributed by atoms with E-state index in [-0.39, 0.29) is 0 Å². The normalized spacial score (nSPS) is 10.7. The number of aliphatic carboxylic acids is 1. The molecule has 0 atom stereocenters. The monoisotopic (exact) mass is 332 g/mol. The van der Waals surface area contributed by atoms with E-state index in [0.717, 1.165) is 21.9 Å². The fraction of sp³-hybridized carbons (Fsp3) is 0.0625. The summed E-state index contributed by atoms with van der Waals surface area (Å²) in [6.07, 6.45) is 2.63. The molecule has 0 radical (unpaired) electrons. The predicted molar refractivity (Wildman–Crippen MR) is 82.1 cm³/mol. The molecule has 2 aromatic rings. The van der Waals surface area contributed by atoms with Crippen molar-refractivity contribution in [3.8, 4) is 11.5 Å². The first kappa shape index (κ1) is 14.3. The van der Waals surface area contributed by atoms with Gasteiger partial charge in [0.25, 0.3) is 0 Å². The molecule has 2 aromatic carbocycles. The molecule has 0 heterocycles. The Morgan fingerprint density at radius 3 is 2.50 bits per heavy atom. The summed E-state index contributed by atoms with van der Waals surface area (Å²) >= 11 is 3.42. The number of halogens is 1. The zero-order valence-corrected chi connectivity index (χ0v) is 12.4. The quantitative estimate of drug-likeness (QED) is 0.829. The van der Waals surface area contributed by atoms with Crippen molar-refractivity contribution in [1.82, 2.24) is 0 Å². The first-order valence-corrected chi connectivity index (χ1v) is 6.79. The molecule has 0 fully saturated rings. The summed E-state index contributed by atoms with van der Waals surface area (Å²) in [6, 6.07) is 13.2. The molecular formula is C16H13BrO3. The zero-order valence-electron chi connectivity index (χ0n) is 10.8. The highest BCUT2D eigenvalue weighted by Crippen LogP contribution is 2.30. The second-order valence-electron chi connectivity index (χ2n) is 4.28. The lowest BCUT2D eigenvalue weighted by atomic mass is 10.2. The van der Waals surface area contributed by atoms with Gasteiger partial charge in [0, 0.05) is 6.08 Å². The minimum absolute atomic E-state index is 0.682. The summed E-state index contributed by atoms with van der Waals surface area (Å²) in [4.78, 5) is 10.5. The highest BCUT2D eigenvalue weighted by atomic mass is 79.9. The van der Waals surface area contributed by atoms with Crippen molar-refractivity contribution in [3.63, 3.8) is 0 Å². The van der Waals surface area contributed by atoms with E-state index in [0.29, 0.717) is 5.75 Å². The van der Waals surface area contributed by atoms with E-state index in [9.17, 15) is 4.79 Å². The van der Waals surface area contributed by atoms with Crippen molar-refractivity contribution in [2.45, 2.75) is 6.92 Å². The van der Waals surface area contributed by atoms with Gasteiger partial charge in [-0.25, -0.2) is 4.79 Å². The van der Waals surface area contributed by atoms with Crippen LogP contribution in [0, 0.1) is 6.92 Å². The van der Waals surface area contributed by atoms with Crippen molar-refractivity contribution >= 4 is 28.0 Å². The lowest BCUT2D eigenvalue weighted by Crippen LogP contribution is -1.88. The van der Waals surface area contributed by atoms with E-state index >= 15 is 0 Å². The van der Waals surface area contributed by atoms with Crippen LogP contribution in [0.15, 0.2) is 53.0 Å². The van der Waals surface area contributed by atoms with Crippen LogP contribution in [-0.4, -0.2) is 11.1 Å². The first-order chi connectivity index (χ1) is 9.54. The maximum Gasteiger partial charge on any atom is 0.328 e. The van der Waals surface area contributed by atoms with Crippen LogP contribution in [0.1, 0.15) is 11.1 Å². The molecule has 0 aliphatic carbocycles. The smallest absolute Gasteiger partial charge is 0.328 e. The molecule has 0 aromatic heterocycles. The van der Waals surface area contributed by atoms with E-state index in [4.69, 9.17) is 9.84 Å². The van der Waals surface area contributed by atoms with Crippen molar-refractivity contribution in [3.05, 3.63) is 64.1 Å². The lowest BCUT2D eigenvalue weighted by Gasteiger charge is -2.08. The summed E-state index contributed by atoms with van der Waals surface area (Å²) in [6.45, 7) is 2.02. The van der Waals surface area contributed by atoms with E-state index < -0.39 is 5.97 Å². The third kappa shape index (κ3) is 3.96. The Morgan fingerprint density at radius 2 is 1.90 bits per heavy atom. The van der Waals surface area contributed by atoms with Gasteiger partial charge in [0.2, 0.25) is 0 Å². The van der Waals surface area contributed by atoms with Crippen LogP contribution in [0.4, 0.5) is 0 Å². The lowest BCUT2D eigenvalue weighted by molar-refractivity contribution is -0.131. The van der Waals surface area contributed by atoms with Crippen molar-refractivity contribution in [2.75, 3.05) is 0 Å². The zero-order chi connectivity index (χ0) is 14.5. The largest absolute Gasteiger partial charge is 0.478 e. The van der Waals surface area contributed by atoms with Crippen LogP contribution >= 0.6 is 15.9 Å². The predicted octanol–water partition coefficient (Wildman–Crippen LogP) is 4.65. The van der Waals surface area contributed by atoms with Gasteiger partial charge in [0.15, 0.2) is 0 Å². The summed E-state index contributed by atoms with van der Waals surface area (Å²) in [5.41, 5.74) is 1.96. The van der Waals surface area contributed by atoms with Crippen molar-refractivity contribution in [2.24, 2.45) is 0 Å². The molecule has 0 bridgehead atoms. The maximum atomic E-state index is 10.5. The fourth-order valence-corrected chi connectivity index (χ4v) is 2.08. The Hall–Kier alpha value is -2.07. The average molecular weight is 333 g/mol. The van der Waals surface area contributed by atoms with Crippen LogP contribution < -0.4 is 4.74 Å². The van der Waals surface area contributed by atoms with E-state index in [1.165, 1.54) is 11.6 Å². The average Bonchev–Trinajstić information content (AvgIpc) is 2.41. The molecule has 2 rings (SSSR count). The van der Waals surface area contributed by atoms with Crippen LogP contribution in [0.3, 0.4) is 0 Å². The second kappa shape index (κ2) is 6.39. The van der Waals surface area contributed by atoms with Crippen molar-refractivity contribution in [1.29, 1.82) is 0 Å². The number of ether oxygens (including phenoxy) is 1. The summed E-state index contributed by atoms with van der Waals surface area (Å²) in [7, 11) is 0. The number of aryl methyl sites for hydroxylation is 1. The summed E-state index contributed by atoms with van der Waals surface area (Å²) in [5, 5.41) is 8.59. The fourth-order valence-electron chi connectivity index (χ4n) is 1.60. The number of benzene rings is 2. The molecule has 20 heavy (non-hydrogen) atoms. The molecule has 3 nitrogen and oxygen atoms in total. The summed E-state index contributed by atoms with van der Waals surface area (Å²) in [5.74, 6) is 0.465. The molecule has 0 aliphatic heterocycles. The number of carbonyl (C=O) groups is 1. The molecular weight excluding hydrogens is 320 g/mol. The molecule has 0 saturated carbocycles. The van der Waals surface area contributed by atoms with Gasteiger partial charge in [-0.3, -0.25) is 0 Å². The van der Waals surface area contributed by atoms with Gasteiger partial charge >= 0.3 is 5.97 Å². The molecule has 0 unspecified atom stereocenters. The minimum Gasteiger partial charge on any atom is -0.478 e. The van der Waals surface area contributed by atoms with Crippen LogP contribution in [0.2, 0.25) is 0 Å². The molecule has 1 N–H and O–H groups in total. The Bertz CT molecular complexity index is 645. The van der Waals surface area contributed by atoms with E-state index in [1.807, 2.05) is 37.3 Å². The highest BCUT2D eigenvalue weighted by Gasteiger charge is 2.03. The van der Waals surface area contributed by atoms with Crippen LogP contribution in [0.5, 0.6) is 11.5 Å². The van der Waals surface area contributed by atoms with Gasteiger partial charge in [-0.05, 0) is 58.8 Å². The number of rotatable bonds is 4. The Balaban J connectivity index is 2.17. The van der Waals surface area contributed by atoms with Crippen molar-refractivity contribution < 1.29 is 14.6 Å². The SMILES string of the molecule is Cc1ccc(Oc2ccc(/C=C/C(=O)O)cc2Br)cc1. The van der Waals surface area contributed by atoms with Gasteiger partial charge in [0.1, 0.15) is 11.5 Å². The van der Waals surface area contributed by atoms with Gasteiger partial charge in [-0.15, -0.1) is 0 Å². The van der Waals surface area contributed by atoms with Gasteiger partial charge in [0.05, 0.1) is 4.47 Å². The molecule has 4 heteroatoms. The third-order valence-electron chi connectivity index (χ3n) is 2.62. The molecule has 0 saturated heterocycles. The van der Waals surface area contributed by atoms with Gasteiger partial charge in [-0.2, -0.15) is 0 Å². The standard InChI is InChI=1S/C16H13BrO3/c1-11-2-6-13(7-3-11)20-15-8-4-12(10-14(15)17)5-9-16(18)19/h2-10H,1H3,(H,18,19)/b9-5+. The van der Waals surface area contributed by atoms with E-state index in [2.05, 4.69) is 15.9 Å². The molecule has 0 aliphatic rings. The van der Waals surface area contributed by atoms with Crippen LogP contribution in [0.25, 0.3) is 6.08 Å². The molecule has 102 valence electrons. The maximum absolute atomic E-state index is 10.5. The second-order valence-corrected chi connectivity index (χ2v) is 5.13. The topological polar surface area (TPSA) is 46.5 Å². The Kier molecular flexibility index (Phi) is 4.58. The third-order valence-corrected chi connectivity index (χ3v) is 3.24. The molecule has 0 spiro atoms. The number of hydrogen-bond donors (Lipinski definition) is 1. The number of carboxylic acid groups (broad SMARTS) is 1. The van der Waals surface area contributed by atoms with E-state index in [1.54, 1.807) is 12.1 Å². The van der Waals surface area contributed by atoms with Crippen LogP contribution in [-0.2, 0) is 4.79 Å². The Labute approximate surface area is 125 Å². The Morgan fingerprint density at radius 1 is 1.20 bits per heavy atom. The molecule has 0 amide bonds. The number of hydrogen-bond acceptors (Lipinski definition) is 2.